The highest BCUT2D eigenvalue weighted by molar-refractivity contribution is 7.09. The molecular formula is C14H18N2O4S. The molecule has 2 heterocycles. The summed E-state index contributed by atoms with van der Waals surface area (Å²) in [5, 5.41) is 11.3. The third-order valence-corrected chi connectivity index (χ3v) is 5.17. The fourth-order valence-electron chi connectivity index (χ4n) is 2.59. The highest BCUT2D eigenvalue weighted by Crippen LogP contribution is 2.31. The van der Waals surface area contributed by atoms with Crippen molar-refractivity contribution in [1.29, 1.82) is 0 Å². The van der Waals surface area contributed by atoms with Crippen LogP contribution in [0, 0.1) is 0 Å². The predicted molar refractivity (Wildman–Crippen MR) is 76.7 cm³/mol. The molecule has 1 amide bonds. The van der Waals surface area contributed by atoms with Crippen LogP contribution in [0.4, 0.5) is 4.79 Å². The van der Waals surface area contributed by atoms with E-state index in [2.05, 4.69) is 4.98 Å². The van der Waals surface area contributed by atoms with E-state index in [1.807, 2.05) is 0 Å². The van der Waals surface area contributed by atoms with E-state index in [4.69, 9.17) is 9.84 Å². The van der Waals surface area contributed by atoms with E-state index in [1.54, 1.807) is 10.3 Å². The SMILES string of the molecule is O=C(O)c1csc(C2CCN(C(=O)OC3CCC3)CC2)n1. The lowest BCUT2D eigenvalue weighted by atomic mass is 9.96. The zero-order chi connectivity index (χ0) is 14.8. The lowest BCUT2D eigenvalue weighted by Gasteiger charge is -2.33. The van der Waals surface area contributed by atoms with Gasteiger partial charge in [0.15, 0.2) is 5.69 Å². The Labute approximate surface area is 126 Å². The largest absolute Gasteiger partial charge is 0.476 e. The molecule has 1 N–H and O–H groups in total. The Bertz CT molecular complexity index is 533. The van der Waals surface area contributed by atoms with Crippen molar-refractivity contribution in [2.75, 3.05) is 13.1 Å². The number of ether oxygens (including phenoxy) is 1. The highest BCUT2D eigenvalue weighted by Gasteiger charge is 2.29. The summed E-state index contributed by atoms with van der Waals surface area (Å²) in [5.74, 6) is -0.741. The summed E-state index contributed by atoms with van der Waals surface area (Å²) in [4.78, 5) is 28.7. The van der Waals surface area contributed by atoms with Gasteiger partial charge in [0.1, 0.15) is 6.10 Å². The third kappa shape index (κ3) is 3.18. The topological polar surface area (TPSA) is 79.7 Å². The van der Waals surface area contributed by atoms with Crippen molar-refractivity contribution in [3.63, 3.8) is 0 Å². The first-order valence-corrected chi connectivity index (χ1v) is 8.15. The van der Waals surface area contributed by atoms with Crippen LogP contribution in [-0.2, 0) is 4.74 Å². The van der Waals surface area contributed by atoms with E-state index >= 15 is 0 Å². The van der Waals surface area contributed by atoms with Crippen molar-refractivity contribution in [3.05, 3.63) is 16.1 Å². The smallest absolute Gasteiger partial charge is 0.410 e. The van der Waals surface area contributed by atoms with Gasteiger partial charge in [0.25, 0.3) is 0 Å². The van der Waals surface area contributed by atoms with Gasteiger partial charge in [-0.25, -0.2) is 14.6 Å². The normalized spacial score (nSPS) is 20.1. The van der Waals surface area contributed by atoms with Crippen LogP contribution in [0.15, 0.2) is 5.38 Å². The van der Waals surface area contributed by atoms with Crippen LogP contribution in [0.5, 0.6) is 0 Å². The van der Waals surface area contributed by atoms with Gasteiger partial charge in [0, 0.05) is 24.4 Å². The zero-order valence-electron chi connectivity index (χ0n) is 11.7. The summed E-state index contributed by atoms with van der Waals surface area (Å²) < 4.78 is 5.40. The van der Waals surface area contributed by atoms with Crippen molar-refractivity contribution >= 4 is 23.4 Å². The number of hydrogen-bond donors (Lipinski definition) is 1. The number of carboxylic acids is 1. The number of aromatic carboxylic acids is 1. The van der Waals surface area contributed by atoms with Crippen LogP contribution in [0.25, 0.3) is 0 Å². The van der Waals surface area contributed by atoms with Crippen LogP contribution >= 0.6 is 11.3 Å². The highest BCUT2D eigenvalue weighted by atomic mass is 32.1. The molecule has 1 aliphatic carbocycles. The van der Waals surface area contributed by atoms with Crippen molar-refractivity contribution in [3.8, 4) is 0 Å². The maximum Gasteiger partial charge on any atom is 0.410 e. The molecule has 1 aromatic heterocycles. The van der Waals surface area contributed by atoms with E-state index < -0.39 is 5.97 Å². The summed E-state index contributed by atoms with van der Waals surface area (Å²) in [6, 6.07) is 0. The van der Waals surface area contributed by atoms with Gasteiger partial charge in [-0.3, -0.25) is 0 Å². The summed E-state index contributed by atoms with van der Waals surface area (Å²) in [6.07, 6.45) is 4.66. The number of hydrogen-bond acceptors (Lipinski definition) is 5. The van der Waals surface area contributed by atoms with Gasteiger partial charge in [-0.15, -0.1) is 11.3 Å². The number of amides is 1. The molecule has 2 fully saturated rings. The molecule has 3 rings (SSSR count). The molecule has 6 nitrogen and oxygen atoms in total. The van der Waals surface area contributed by atoms with E-state index in [1.165, 1.54) is 11.3 Å². The van der Waals surface area contributed by atoms with Gasteiger partial charge in [-0.05, 0) is 32.1 Å². The maximum atomic E-state index is 12.0. The predicted octanol–water partition coefficient (Wildman–Crippen LogP) is 2.71. The summed E-state index contributed by atoms with van der Waals surface area (Å²) in [6.45, 7) is 1.30. The summed E-state index contributed by atoms with van der Waals surface area (Å²) in [5.41, 5.74) is 0.113. The average Bonchev–Trinajstić information content (AvgIpc) is 2.93. The minimum absolute atomic E-state index is 0.113. The van der Waals surface area contributed by atoms with Gasteiger partial charge < -0.3 is 14.7 Å². The number of carbonyl (C=O) groups excluding carboxylic acids is 1. The van der Waals surface area contributed by atoms with Gasteiger partial charge in [-0.1, -0.05) is 0 Å². The van der Waals surface area contributed by atoms with Gasteiger partial charge in [0.2, 0.25) is 0 Å². The third-order valence-electron chi connectivity index (χ3n) is 4.16. The monoisotopic (exact) mass is 310 g/mol. The van der Waals surface area contributed by atoms with E-state index in [0.29, 0.717) is 13.1 Å². The van der Waals surface area contributed by atoms with Crippen LogP contribution in [0.3, 0.4) is 0 Å². The fraction of sp³-hybridized carbons (Fsp3) is 0.643. The standard InChI is InChI=1S/C14H18N2O4S/c17-13(18)11-8-21-12(15-11)9-4-6-16(7-5-9)14(19)20-10-2-1-3-10/h8-10H,1-7H2,(H,17,18). The molecule has 21 heavy (non-hydrogen) atoms. The average molecular weight is 310 g/mol. The summed E-state index contributed by atoms with van der Waals surface area (Å²) in [7, 11) is 0. The molecule has 0 unspecified atom stereocenters. The number of carboxylic acid groups (broad SMARTS) is 1. The van der Waals surface area contributed by atoms with E-state index in [9.17, 15) is 9.59 Å². The second-order valence-corrected chi connectivity index (χ2v) is 6.46. The number of aromatic nitrogens is 1. The molecule has 0 aromatic carbocycles. The minimum Gasteiger partial charge on any atom is -0.476 e. The van der Waals surface area contributed by atoms with E-state index in [-0.39, 0.29) is 23.8 Å². The Morgan fingerprint density at radius 2 is 2.00 bits per heavy atom. The van der Waals surface area contributed by atoms with Crippen molar-refractivity contribution in [2.24, 2.45) is 0 Å². The molecule has 1 saturated carbocycles. The molecule has 0 bridgehead atoms. The first-order chi connectivity index (χ1) is 10.1. The molecule has 7 heteroatoms. The van der Waals surface area contributed by atoms with Crippen molar-refractivity contribution in [2.45, 2.75) is 44.1 Å². The molecule has 0 spiro atoms. The number of thiazole rings is 1. The Morgan fingerprint density at radius 1 is 1.29 bits per heavy atom. The maximum absolute atomic E-state index is 12.0. The summed E-state index contributed by atoms with van der Waals surface area (Å²) >= 11 is 1.39. The molecule has 1 aromatic rings. The number of piperidine rings is 1. The van der Waals surface area contributed by atoms with Gasteiger partial charge >= 0.3 is 12.1 Å². The lowest BCUT2D eigenvalue weighted by Crippen LogP contribution is -2.41. The number of likely N-dealkylation sites (tertiary alicyclic amines) is 1. The number of carbonyl (C=O) groups is 2. The first-order valence-electron chi connectivity index (χ1n) is 7.28. The van der Waals surface area contributed by atoms with Gasteiger partial charge in [-0.2, -0.15) is 0 Å². The molecule has 114 valence electrons. The Hall–Kier alpha value is -1.63. The Kier molecular flexibility index (Phi) is 4.10. The second-order valence-electron chi connectivity index (χ2n) is 5.57. The molecule has 2 aliphatic rings. The van der Waals surface area contributed by atoms with Crippen LogP contribution in [0.1, 0.15) is 53.5 Å². The Balaban J connectivity index is 1.51. The minimum atomic E-state index is -0.987. The zero-order valence-corrected chi connectivity index (χ0v) is 12.5. The molecule has 1 saturated heterocycles. The van der Waals surface area contributed by atoms with Crippen molar-refractivity contribution < 1.29 is 19.4 Å². The lowest BCUT2D eigenvalue weighted by molar-refractivity contribution is 0.0225. The first kappa shape index (κ1) is 14.3. The molecular weight excluding hydrogens is 292 g/mol. The molecule has 1 aliphatic heterocycles. The van der Waals surface area contributed by atoms with Crippen molar-refractivity contribution in [1.82, 2.24) is 9.88 Å². The van der Waals surface area contributed by atoms with Crippen LogP contribution in [0.2, 0.25) is 0 Å². The molecule has 0 atom stereocenters. The quantitative estimate of drug-likeness (QED) is 0.928. The van der Waals surface area contributed by atoms with Gasteiger partial charge in [0.05, 0.1) is 5.01 Å². The Morgan fingerprint density at radius 3 is 2.52 bits per heavy atom. The van der Waals surface area contributed by atoms with Crippen LogP contribution < -0.4 is 0 Å². The van der Waals surface area contributed by atoms with E-state index in [0.717, 1.165) is 37.1 Å². The second kappa shape index (κ2) is 6.01. The number of nitrogens with zero attached hydrogens (tertiary/aromatic N) is 2. The molecule has 0 radical (unpaired) electrons. The van der Waals surface area contributed by atoms with Crippen LogP contribution in [-0.4, -0.2) is 46.2 Å². The fourth-order valence-corrected chi connectivity index (χ4v) is 3.55. The number of rotatable bonds is 3.